The lowest BCUT2D eigenvalue weighted by Gasteiger charge is -2.13. The molecule has 0 aliphatic rings. The fraction of sp³-hybridized carbons (Fsp3) is 0.462. The highest BCUT2D eigenvalue weighted by Crippen LogP contribution is 2.23. The van der Waals surface area contributed by atoms with Crippen LogP contribution in [0.1, 0.15) is 28.4 Å². The molecule has 94 valence electrons. The van der Waals surface area contributed by atoms with E-state index in [1.807, 2.05) is 26.0 Å². The highest BCUT2D eigenvalue weighted by molar-refractivity contribution is 9.09. The normalized spacial score (nSPS) is 12.3. The lowest BCUT2D eigenvalue weighted by molar-refractivity contribution is 0.102. The fourth-order valence-electron chi connectivity index (χ4n) is 1.73. The van der Waals surface area contributed by atoms with Gasteiger partial charge >= 0.3 is 0 Å². The van der Waals surface area contributed by atoms with Crippen molar-refractivity contribution < 1.29 is 14.6 Å². The van der Waals surface area contributed by atoms with Crippen LogP contribution in [-0.4, -0.2) is 28.9 Å². The molecule has 1 unspecified atom stereocenters. The van der Waals surface area contributed by atoms with Gasteiger partial charge in [0, 0.05) is 5.56 Å². The second-order valence-electron chi connectivity index (χ2n) is 4.15. The van der Waals surface area contributed by atoms with Gasteiger partial charge in [-0.05, 0) is 44.0 Å². The zero-order valence-electron chi connectivity index (χ0n) is 10.3. The van der Waals surface area contributed by atoms with Crippen LogP contribution in [0.2, 0.25) is 0 Å². The fourth-order valence-corrected chi connectivity index (χ4v) is 2.01. The first-order valence-electron chi connectivity index (χ1n) is 5.47. The number of hydrogen-bond donors (Lipinski definition) is 1. The van der Waals surface area contributed by atoms with Crippen LogP contribution in [0.5, 0.6) is 5.75 Å². The monoisotopic (exact) mass is 300 g/mol. The maximum atomic E-state index is 11.7. The molecule has 1 aromatic carbocycles. The summed E-state index contributed by atoms with van der Waals surface area (Å²) in [5, 5.41) is 9.47. The quantitative estimate of drug-likeness (QED) is 0.672. The minimum Gasteiger partial charge on any atom is -0.491 e. The molecule has 4 heteroatoms. The Morgan fingerprint density at radius 2 is 1.94 bits per heavy atom. The van der Waals surface area contributed by atoms with Crippen molar-refractivity contribution in [2.45, 2.75) is 26.9 Å². The highest BCUT2D eigenvalue weighted by atomic mass is 79.9. The number of aliphatic hydroxyl groups is 1. The molecule has 17 heavy (non-hydrogen) atoms. The average molecular weight is 301 g/mol. The topological polar surface area (TPSA) is 46.5 Å². The smallest absolute Gasteiger partial charge is 0.173 e. The van der Waals surface area contributed by atoms with Gasteiger partial charge < -0.3 is 9.84 Å². The second-order valence-corrected chi connectivity index (χ2v) is 4.71. The average Bonchev–Trinajstić information content (AvgIpc) is 2.25. The lowest BCUT2D eigenvalue weighted by atomic mass is 9.99. The molecule has 1 N–H and O–H groups in total. The van der Waals surface area contributed by atoms with Gasteiger partial charge in [-0.3, -0.25) is 4.79 Å². The van der Waals surface area contributed by atoms with E-state index >= 15 is 0 Å². The minimum atomic E-state index is -0.500. The first kappa shape index (κ1) is 14.2. The molecule has 0 radical (unpaired) electrons. The Labute approximate surface area is 110 Å². The van der Waals surface area contributed by atoms with E-state index in [9.17, 15) is 4.79 Å². The van der Waals surface area contributed by atoms with Crippen molar-refractivity contribution >= 4 is 21.7 Å². The summed E-state index contributed by atoms with van der Waals surface area (Å²) >= 11 is 3.17. The molecule has 0 aromatic heterocycles. The van der Waals surface area contributed by atoms with E-state index in [0.717, 1.165) is 16.7 Å². The largest absolute Gasteiger partial charge is 0.491 e. The number of ketones is 1. The van der Waals surface area contributed by atoms with E-state index in [1.54, 1.807) is 6.92 Å². The van der Waals surface area contributed by atoms with Gasteiger partial charge in [-0.15, -0.1) is 0 Å². The van der Waals surface area contributed by atoms with Crippen LogP contribution in [0.15, 0.2) is 12.1 Å². The number of hydrogen-bond acceptors (Lipinski definition) is 3. The van der Waals surface area contributed by atoms with Crippen LogP contribution < -0.4 is 4.74 Å². The Bertz CT molecular complexity index is 390. The molecule has 0 heterocycles. The summed E-state index contributed by atoms with van der Waals surface area (Å²) in [5.74, 6) is 0.758. The zero-order valence-corrected chi connectivity index (χ0v) is 11.9. The Morgan fingerprint density at radius 3 is 2.35 bits per heavy atom. The number of rotatable bonds is 5. The second kappa shape index (κ2) is 6.17. The van der Waals surface area contributed by atoms with Crippen LogP contribution in [-0.2, 0) is 0 Å². The first-order valence-corrected chi connectivity index (χ1v) is 6.59. The third-order valence-corrected chi connectivity index (χ3v) is 2.91. The van der Waals surface area contributed by atoms with Gasteiger partial charge in [0.1, 0.15) is 12.4 Å². The molecule has 0 amide bonds. The summed E-state index contributed by atoms with van der Waals surface area (Å²) in [5.41, 5.74) is 2.54. The standard InChI is InChI=1S/C13H17BrO3/c1-8-4-11(17-7-10(3)15)5-9(2)13(8)12(16)6-14/h4-5,10,15H,6-7H2,1-3H3. The van der Waals surface area contributed by atoms with E-state index in [2.05, 4.69) is 15.9 Å². The third-order valence-electron chi connectivity index (χ3n) is 2.40. The highest BCUT2D eigenvalue weighted by Gasteiger charge is 2.12. The Balaban J connectivity index is 2.97. The van der Waals surface area contributed by atoms with Crippen LogP contribution in [0, 0.1) is 13.8 Å². The Kier molecular flexibility index (Phi) is 5.15. The molecule has 0 saturated heterocycles. The number of Topliss-reactive ketones (excluding diaryl/α,β-unsaturated/α-hetero) is 1. The number of halogens is 1. The number of benzene rings is 1. The van der Waals surface area contributed by atoms with E-state index in [1.165, 1.54) is 0 Å². The molecule has 0 fully saturated rings. The molecule has 0 aliphatic heterocycles. The van der Waals surface area contributed by atoms with Gasteiger partial charge in [-0.25, -0.2) is 0 Å². The van der Waals surface area contributed by atoms with Crippen LogP contribution in [0.4, 0.5) is 0 Å². The van der Waals surface area contributed by atoms with Gasteiger partial charge in [0.15, 0.2) is 5.78 Å². The number of carbonyl (C=O) groups excluding carboxylic acids is 1. The zero-order chi connectivity index (χ0) is 13.0. The summed E-state index contributed by atoms with van der Waals surface area (Å²) in [7, 11) is 0. The van der Waals surface area contributed by atoms with Gasteiger partial charge in [-0.1, -0.05) is 15.9 Å². The number of aliphatic hydroxyl groups excluding tert-OH is 1. The summed E-state index contributed by atoms with van der Waals surface area (Å²) in [4.78, 5) is 11.7. The number of alkyl halides is 1. The summed E-state index contributed by atoms with van der Waals surface area (Å²) in [6, 6.07) is 3.65. The van der Waals surface area contributed by atoms with E-state index < -0.39 is 6.10 Å². The van der Waals surface area contributed by atoms with E-state index in [0.29, 0.717) is 11.1 Å². The van der Waals surface area contributed by atoms with Crippen molar-refractivity contribution in [1.82, 2.24) is 0 Å². The number of carbonyl (C=O) groups is 1. The lowest BCUT2D eigenvalue weighted by Crippen LogP contribution is -2.13. The third kappa shape index (κ3) is 3.82. The molecule has 3 nitrogen and oxygen atoms in total. The van der Waals surface area contributed by atoms with Crippen LogP contribution >= 0.6 is 15.9 Å². The van der Waals surface area contributed by atoms with Crippen molar-refractivity contribution in [1.29, 1.82) is 0 Å². The van der Waals surface area contributed by atoms with Gasteiger partial charge in [0.25, 0.3) is 0 Å². The minimum absolute atomic E-state index is 0.0714. The molecule has 1 rings (SSSR count). The number of aryl methyl sites for hydroxylation is 2. The Hall–Kier alpha value is -0.870. The Morgan fingerprint density at radius 1 is 1.41 bits per heavy atom. The molecular weight excluding hydrogens is 284 g/mol. The molecule has 1 atom stereocenters. The van der Waals surface area contributed by atoms with E-state index in [4.69, 9.17) is 9.84 Å². The molecule has 0 saturated carbocycles. The summed E-state index contributed by atoms with van der Waals surface area (Å²) < 4.78 is 5.42. The van der Waals surface area contributed by atoms with Crippen molar-refractivity contribution in [3.63, 3.8) is 0 Å². The van der Waals surface area contributed by atoms with E-state index in [-0.39, 0.29) is 12.4 Å². The van der Waals surface area contributed by atoms with Gasteiger partial charge in [0.05, 0.1) is 11.4 Å². The van der Waals surface area contributed by atoms with Crippen molar-refractivity contribution in [2.24, 2.45) is 0 Å². The van der Waals surface area contributed by atoms with Crippen LogP contribution in [0.3, 0.4) is 0 Å². The maximum Gasteiger partial charge on any atom is 0.173 e. The molecule has 0 spiro atoms. The van der Waals surface area contributed by atoms with Gasteiger partial charge in [0.2, 0.25) is 0 Å². The van der Waals surface area contributed by atoms with Crippen molar-refractivity contribution in [2.75, 3.05) is 11.9 Å². The predicted molar refractivity (Wildman–Crippen MR) is 71.2 cm³/mol. The maximum absolute atomic E-state index is 11.7. The molecule has 0 aliphatic carbocycles. The predicted octanol–water partition coefficient (Wildman–Crippen LogP) is 2.64. The SMILES string of the molecule is Cc1cc(OCC(C)O)cc(C)c1C(=O)CBr. The van der Waals surface area contributed by atoms with Crippen molar-refractivity contribution in [3.8, 4) is 5.75 Å². The first-order chi connectivity index (χ1) is 7.95. The summed E-state index contributed by atoms with van der Waals surface area (Å²) in [6.07, 6.45) is -0.500. The van der Waals surface area contributed by atoms with Crippen LogP contribution in [0.25, 0.3) is 0 Å². The molecule has 0 bridgehead atoms. The molecular formula is C13H17BrO3. The van der Waals surface area contributed by atoms with Gasteiger partial charge in [-0.2, -0.15) is 0 Å². The number of ether oxygens (including phenoxy) is 1. The summed E-state index contributed by atoms with van der Waals surface area (Å²) in [6.45, 7) is 5.70. The molecule has 1 aromatic rings. The van der Waals surface area contributed by atoms with Crippen molar-refractivity contribution in [3.05, 3.63) is 28.8 Å².